The zero-order valence-corrected chi connectivity index (χ0v) is 13.4. The normalized spacial score (nSPS) is 11.8. The van der Waals surface area contributed by atoms with Gasteiger partial charge in [-0.25, -0.2) is 0 Å². The van der Waals surface area contributed by atoms with E-state index in [0.29, 0.717) is 28.1 Å². The lowest BCUT2D eigenvalue weighted by molar-refractivity contribution is 0.223. The fourth-order valence-electron chi connectivity index (χ4n) is 1.87. The quantitative estimate of drug-likeness (QED) is 0.820. The van der Waals surface area contributed by atoms with E-state index in [1.807, 2.05) is 43.3 Å². The molecule has 0 aliphatic heterocycles. The lowest BCUT2D eigenvalue weighted by Gasteiger charge is -2.18. The Bertz CT molecular complexity index is 605. The molecule has 1 N–H and O–H groups in total. The zero-order valence-electron chi connectivity index (χ0n) is 11.9. The van der Waals surface area contributed by atoms with Crippen LogP contribution < -0.4 is 14.8 Å². The van der Waals surface area contributed by atoms with Gasteiger partial charge in [-0.05, 0) is 31.2 Å². The number of anilines is 1. The molecule has 0 aliphatic rings. The van der Waals surface area contributed by atoms with Gasteiger partial charge in [0.05, 0.1) is 29.4 Å². The fourth-order valence-corrected chi connectivity index (χ4v) is 2.24. The molecule has 2 rings (SSSR count). The smallest absolute Gasteiger partial charge is 0.161 e. The van der Waals surface area contributed by atoms with Crippen LogP contribution in [0.5, 0.6) is 11.5 Å². The molecule has 2 aromatic carbocycles. The Balaban J connectivity index is 1.96. The molecule has 21 heavy (non-hydrogen) atoms. The van der Waals surface area contributed by atoms with Crippen LogP contribution in [0.25, 0.3) is 0 Å². The second-order valence-electron chi connectivity index (χ2n) is 4.56. The maximum atomic E-state index is 6.13. The van der Waals surface area contributed by atoms with Crippen LogP contribution in [0.4, 0.5) is 5.69 Å². The van der Waals surface area contributed by atoms with E-state index < -0.39 is 0 Å². The van der Waals surface area contributed by atoms with E-state index in [0.717, 1.165) is 5.69 Å². The number of hydrogen-bond acceptors (Lipinski definition) is 3. The number of ether oxygens (including phenoxy) is 2. The summed E-state index contributed by atoms with van der Waals surface area (Å²) < 4.78 is 11.1. The molecule has 0 aromatic heterocycles. The van der Waals surface area contributed by atoms with E-state index in [4.69, 9.17) is 32.7 Å². The first kappa shape index (κ1) is 15.8. The highest BCUT2D eigenvalue weighted by molar-refractivity contribution is 6.43. The van der Waals surface area contributed by atoms with Crippen LogP contribution in [0, 0.1) is 0 Å². The summed E-state index contributed by atoms with van der Waals surface area (Å²) in [7, 11) is 1.62. The molecule has 5 heteroatoms. The van der Waals surface area contributed by atoms with Crippen LogP contribution in [0.2, 0.25) is 10.0 Å². The van der Waals surface area contributed by atoms with Gasteiger partial charge < -0.3 is 14.8 Å². The minimum absolute atomic E-state index is 0.0589. The average molecular weight is 326 g/mol. The first-order valence-corrected chi connectivity index (χ1v) is 7.35. The first-order chi connectivity index (χ1) is 10.1. The Kier molecular flexibility index (Phi) is 5.59. The van der Waals surface area contributed by atoms with Crippen molar-refractivity contribution in [3.8, 4) is 11.5 Å². The molecule has 0 radical (unpaired) electrons. The van der Waals surface area contributed by atoms with Crippen LogP contribution in [-0.2, 0) is 0 Å². The molecule has 3 nitrogen and oxygen atoms in total. The third kappa shape index (κ3) is 4.19. The van der Waals surface area contributed by atoms with Crippen molar-refractivity contribution < 1.29 is 9.47 Å². The second kappa shape index (κ2) is 7.43. The zero-order chi connectivity index (χ0) is 15.2. The van der Waals surface area contributed by atoms with Crippen LogP contribution in [0.15, 0.2) is 42.5 Å². The van der Waals surface area contributed by atoms with Crippen molar-refractivity contribution in [3.63, 3.8) is 0 Å². The van der Waals surface area contributed by atoms with Crippen LogP contribution in [0.1, 0.15) is 6.92 Å². The summed E-state index contributed by atoms with van der Waals surface area (Å²) >= 11 is 12.1. The minimum Gasteiger partial charge on any atom is -0.493 e. The van der Waals surface area contributed by atoms with Gasteiger partial charge in [-0.1, -0.05) is 41.4 Å². The Morgan fingerprint density at radius 2 is 1.76 bits per heavy atom. The van der Waals surface area contributed by atoms with Gasteiger partial charge in [0.25, 0.3) is 0 Å². The SMILES string of the molecule is COc1ccccc1OC(C)CNc1cccc(Cl)c1Cl. The Hall–Kier alpha value is -1.58. The van der Waals surface area contributed by atoms with Gasteiger partial charge in [-0.3, -0.25) is 0 Å². The number of halogens is 2. The fraction of sp³-hybridized carbons (Fsp3) is 0.250. The Morgan fingerprint density at radius 1 is 1.05 bits per heavy atom. The molecule has 1 atom stereocenters. The molecule has 0 saturated heterocycles. The van der Waals surface area contributed by atoms with Crippen molar-refractivity contribution in [2.75, 3.05) is 19.0 Å². The predicted octanol–water partition coefficient (Wildman–Crippen LogP) is 4.88. The van der Waals surface area contributed by atoms with E-state index in [1.54, 1.807) is 13.2 Å². The van der Waals surface area contributed by atoms with E-state index in [-0.39, 0.29) is 6.10 Å². The second-order valence-corrected chi connectivity index (χ2v) is 5.35. The van der Waals surface area contributed by atoms with Crippen molar-refractivity contribution in [2.45, 2.75) is 13.0 Å². The number of rotatable bonds is 6. The summed E-state index contributed by atoms with van der Waals surface area (Å²) in [5, 5.41) is 4.27. The first-order valence-electron chi connectivity index (χ1n) is 6.59. The summed E-state index contributed by atoms with van der Waals surface area (Å²) in [6.07, 6.45) is -0.0589. The van der Waals surface area contributed by atoms with Gasteiger partial charge in [0.1, 0.15) is 6.10 Å². The minimum atomic E-state index is -0.0589. The van der Waals surface area contributed by atoms with Crippen LogP contribution in [-0.4, -0.2) is 19.8 Å². The molecular weight excluding hydrogens is 309 g/mol. The maximum Gasteiger partial charge on any atom is 0.161 e. The molecular formula is C16H17Cl2NO2. The third-order valence-corrected chi connectivity index (χ3v) is 3.75. The van der Waals surface area contributed by atoms with E-state index >= 15 is 0 Å². The molecule has 112 valence electrons. The van der Waals surface area contributed by atoms with Crippen molar-refractivity contribution in [2.24, 2.45) is 0 Å². The summed E-state index contributed by atoms with van der Waals surface area (Å²) in [4.78, 5) is 0. The molecule has 0 bridgehead atoms. The van der Waals surface area contributed by atoms with Gasteiger partial charge in [0, 0.05) is 0 Å². The number of benzene rings is 2. The maximum absolute atomic E-state index is 6.13. The standard InChI is InChI=1S/C16H17Cl2NO2/c1-11(21-15-9-4-3-8-14(15)20-2)10-19-13-7-5-6-12(17)16(13)18/h3-9,11,19H,10H2,1-2H3. The summed E-state index contributed by atoms with van der Waals surface area (Å²) in [6, 6.07) is 13.0. The molecule has 0 spiro atoms. The topological polar surface area (TPSA) is 30.5 Å². The summed E-state index contributed by atoms with van der Waals surface area (Å²) in [5.41, 5.74) is 0.791. The number of para-hydroxylation sites is 2. The third-order valence-electron chi connectivity index (χ3n) is 2.93. The summed E-state index contributed by atoms with van der Waals surface area (Å²) in [5.74, 6) is 1.43. The van der Waals surface area contributed by atoms with Crippen LogP contribution in [0.3, 0.4) is 0 Å². The van der Waals surface area contributed by atoms with E-state index in [1.165, 1.54) is 0 Å². The molecule has 1 unspecified atom stereocenters. The van der Waals surface area contributed by atoms with Gasteiger partial charge in [-0.15, -0.1) is 0 Å². The lowest BCUT2D eigenvalue weighted by Crippen LogP contribution is -2.23. The highest BCUT2D eigenvalue weighted by Crippen LogP contribution is 2.30. The number of methoxy groups -OCH3 is 1. The van der Waals surface area contributed by atoms with Crippen molar-refractivity contribution >= 4 is 28.9 Å². The highest BCUT2D eigenvalue weighted by atomic mass is 35.5. The molecule has 0 saturated carbocycles. The largest absolute Gasteiger partial charge is 0.493 e. The summed E-state index contributed by atoms with van der Waals surface area (Å²) in [6.45, 7) is 2.57. The van der Waals surface area contributed by atoms with E-state index in [9.17, 15) is 0 Å². The predicted molar refractivity (Wildman–Crippen MR) is 88.0 cm³/mol. The van der Waals surface area contributed by atoms with Gasteiger partial charge in [0.2, 0.25) is 0 Å². The molecule has 2 aromatic rings. The lowest BCUT2D eigenvalue weighted by atomic mass is 10.3. The van der Waals surface area contributed by atoms with Gasteiger partial charge >= 0.3 is 0 Å². The van der Waals surface area contributed by atoms with Crippen LogP contribution >= 0.6 is 23.2 Å². The Morgan fingerprint density at radius 3 is 2.48 bits per heavy atom. The van der Waals surface area contributed by atoms with Crippen molar-refractivity contribution in [3.05, 3.63) is 52.5 Å². The number of hydrogen-bond donors (Lipinski definition) is 1. The van der Waals surface area contributed by atoms with Gasteiger partial charge in [0.15, 0.2) is 11.5 Å². The van der Waals surface area contributed by atoms with Crippen molar-refractivity contribution in [1.82, 2.24) is 0 Å². The average Bonchev–Trinajstić information content (AvgIpc) is 2.49. The highest BCUT2D eigenvalue weighted by Gasteiger charge is 2.10. The monoisotopic (exact) mass is 325 g/mol. The molecule has 0 fully saturated rings. The van der Waals surface area contributed by atoms with E-state index in [2.05, 4.69) is 5.32 Å². The molecule has 0 aliphatic carbocycles. The number of nitrogens with one attached hydrogen (secondary N) is 1. The van der Waals surface area contributed by atoms with Crippen molar-refractivity contribution in [1.29, 1.82) is 0 Å². The van der Waals surface area contributed by atoms with Gasteiger partial charge in [-0.2, -0.15) is 0 Å². The molecule has 0 amide bonds. The Labute approximate surface area is 134 Å². The molecule has 0 heterocycles.